The summed E-state index contributed by atoms with van der Waals surface area (Å²) in [5, 5.41) is 0. The minimum absolute atomic E-state index is 0.169. The molecule has 0 amide bonds. The number of halogens is 1. The maximum absolute atomic E-state index is 13.9. The highest BCUT2D eigenvalue weighted by molar-refractivity contribution is 5.53. The summed E-state index contributed by atoms with van der Waals surface area (Å²) >= 11 is 0. The van der Waals surface area contributed by atoms with Crippen LogP contribution in [0.3, 0.4) is 0 Å². The molecule has 1 aliphatic rings. The first-order valence-electron chi connectivity index (χ1n) is 6.74. The van der Waals surface area contributed by atoms with Gasteiger partial charge in [-0.2, -0.15) is 0 Å². The van der Waals surface area contributed by atoms with Crippen LogP contribution in [0.2, 0.25) is 0 Å². The van der Waals surface area contributed by atoms with E-state index < -0.39 is 5.67 Å². The molecule has 1 aromatic carbocycles. The molecule has 0 spiro atoms. The summed E-state index contributed by atoms with van der Waals surface area (Å²) in [7, 11) is 0. The highest BCUT2D eigenvalue weighted by atomic mass is 19.1. The molecule has 0 saturated carbocycles. The number of hydrogen-bond acceptors (Lipinski definition) is 1. The van der Waals surface area contributed by atoms with E-state index in [4.69, 9.17) is 0 Å². The summed E-state index contributed by atoms with van der Waals surface area (Å²) in [6, 6.07) is 6.52. The second-order valence-corrected chi connectivity index (χ2v) is 6.83. The topological polar surface area (TPSA) is 3.24 Å². The van der Waals surface area contributed by atoms with E-state index in [9.17, 15) is 4.39 Å². The number of benzene rings is 1. The number of aryl methyl sites for hydroxylation is 1. The van der Waals surface area contributed by atoms with Crippen LogP contribution in [-0.4, -0.2) is 18.8 Å². The highest BCUT2D eigenvalue weighted by Crippen LogP contribution is 2.32. The van der Waals surface area contributed by atoms with Crippen LogP contribution in [0, 0.1) is 6.92 Å². The molecule has 2 rings (SSSR count). The van der Waals surface area contributed by atoms with Crippen molar-refractivity contribution in [1.29, 1.82) is 0 Å². The third kappa shape index (κ3) is 2.68. The van der Waals surface area contributed by atoms with Gasteiger partial charge < -0.3 is 4.90 Å². The Morgan fingerprint density at radius 3 is 2.39 bits per heavy atom. The average Bonchev–Trinajstić information content (AvgIpc) is 2.56. The Balaban J connectivity index is 2.25. The molecule has 100 valence electrons. The molecule has 1 aromatic rings. The summed E-state index contributed by atoms with van der Waals surface area (Å²) < 4.78 is 13.9. The summed E-state index contributed by atoms with van der Waals surface area (Å²) in [5.74, 6) is 0. The van der Waals surface area contributed by atoms with Crippen molar-refractivity contribution in [2.45, 2.75) is 52.1 Å². The van der Waals surface area contributed by atoms with Crippen molar-refractivity contribution < 1.29 is 4.39 Å². The van der Waals surface area contributed by atoms with E-state index in [2.05, 4.69) is 50.8 Å². The summed E-state index contributed by atoms with van der Waals surface area (Å²) in [4.78, 5) is 2.15. The first-order valence-corrected chi connectivity index (χ1v) is 6.74. The molecule has 1 heterocycles. The molecule has 0 bridgehead atoms. The highest BCUT2D eigenvalue weighted by Gasteiger charge is 2.33. The Morgan fingerprint density at radius 1 is 1.28 bits per heavy atom. The monoisotopic (exact) mass is 249 g/mol. The lowest BCUT2D eigenvalue weighted by molar-refractivity contribution is 0.221. The minimum atomic E-state index is -1.03. The lowest BCUT2D eigenvalue weighted by Crippen LogP contribution is -2.26. The van der Waals surface area contributed by atoms with Crippen LogP contribution in [0.1, 0.15) is 45.2 Å². The van der Waals surface area contributed by atoms with Gasteiger partial charge in [0.05, 0.1) is 6.54 Å². The van der Waals surface area contributed by atoms with E-state index in [-0.39, 0.29) is 5.41 Å². The van der Waals surface area contributed by atoms with E-state index >= 15 is 0 Å². The molecule has 2 heteroatoms. The fraction of sp³-hybridized carbons (Fsp3) is 0.625. The van der Waals surface area contributed by atoms with Gasteiger partial charge in [-0.25, -0.2) is 4.39 Å². The Hall–Kier alpha value is -1.05. The molecule has 0 radical (unpaired) electrons. The third-order valence-electron chi connectivity index (χ3n) is 3.81. The maximum atomic E-state index is 13.9. The predicted molar refractivity (Wildman–Crippen MR) is 76.2 cm³/mol. The van der Waals surface area contributed by atoms with E-state index in [1.54, 1.807) is 6.92 Å². The molecule has 0 N–H and O–H groups in total. The van der Waals surface area contributed by atoms with E-state index in [0.717, 1.165) is 12.2 Å². The van der Waals surface area contributed by atoms with Gasteiger partial charge in [-0.1, -0.05) is 26.8 Å². The lowest BCUT2D eigenvalue weighted by atomic mass is 9.84. The summed E-state index contributed by atoms with van der Waals surface area (Å²) in [6.07, 6.45) is 0.632. The molecular formula is C16H24FN. The predicted octanol–water partition coefficient (Wildman–Crippen LogP) is 4.23. The minimum Gasteiger partial charge on any atom is -0.368 e. The molecular weight excluding hydrogens is 225 g/mol. The van der Waals surface area contributed by atoms with Gasteiger partial charge in [0.2, 0.25) is 0 Å². The zero-order chi connectivity index (χ0) is 13.6. The van der Waals surface area contributed by atoms with Gasteiger partial charge in [0.25, 0.3) is 0 Å². The van der Waals surface area contributed by atoms with Crippen LogP contribution in [0.25, 0.3) is 0 Å². The molecule has 18 heavy (non-hydrogen) atoms. The van der Waals surface area contributed by atoms with Gasteiger partial charge in [0.1, 0.15) is 5.67 Å². The van der Waals surface area contributed by atoms with Crippen LogP contribution in [0.4, 0.5) is 10.1 Å². The Labute approximate surface area is 110 Å². The first kappa shape index (κ1) is 13.4. The largest absolute Gasteiger partial charge is 0.368 e. The Kier molecular flexibility index (Phi) is 3.16. The quantitative estimate of drug-likeness (QED) is 0.720. The lowest BCUT2D eigenvalue weighted by Gasteiger charge is -2.25. The summed E-state index contributed by atoms with van der Waals surface area (Å²) in [6.45, 7) is 11.9. The molecule has 0 aromatic heterocycles. The molecule has 1 aliphatic heterocycles. The fourth-order valence-corrected chi connectivity index (χ4v) is 2.83. The molecule has 1 saturated heterocycles. The Morgan fingerprint density at radius 2 is 1.94 bits per heavy atom. The van der Waals surface area contributed by atoms with Crippen molar-refractivity contribution in [3.8, 4) is 0 Å². The van der Waals surface area contributed by atoms with Crippen molar-refractivity contribution in [2.24, 2.45) is 0 Å². The van der Waals surface area contributed by atoms with Gasteiger partial charge in [0, 0.05) is 18.7 Å². The van der Waals surface area contributed by atoms with Gasteiger partial charge in [-0.3, -0.25) is 0 Å². The third-order valence-corrected chi connectivity index (χ3v) is 3.81. The molecule has 1 atom stereocenters. The van der Waals surface area contributed by atoms with E-state index in [1.165, 1.54) is 11.1 Å². The van der Waals surface area contributed by atoms with Crippen molar-refractivity contribution >= 4 is 5.69 Å². The molecule has 1 nitrogen and oxygen atoms in total. The normalized spacial score (nSPS) is 24.7. The van der Waals surface area contributed by atoms with Crippen LogP contribution >= 0.6 is 0 Å². The zero-order valence-electron chi connectivity index (χ0n) is 12.2. The van der Waals surface area contributed by atoms with E-state index in [0.29, 0.717) is 13.0 Å². The average molecular weight is 249 g/mol. The van der Waals surface area contributed by atoms with Crippen molar-refractivity contribution in [3.63, 3.8) is 0 Å². The van der Waals surface area contributed by atoms with Gasteiger partial charge in [0.15, 0.2) is 0 Å². The maximum Gasteiger partial charge on any atom is 0.127 e. The fourth-order valence-electron chi connectivity index (χ4n) is 2.83. The SMILES string of the molecule is Cc1cc(N2CCC(C)(F)C2)ccc1C(C)(C)C. The second kappa shape index (κ2) is 4.25. The van der Waals surface area contributed by atoms with Crippen molar-refractivity contribution in [2.75, 3.05) is 18.0 Å². The smallest absolute Gasteiger partial charge is 0.127 e. The van der Waals surface area contributed by atoms with Crippen LogP contribution in [0.5, 0.6) is 0 Å². The molecule has 1 unspecified atom stereocenters. The van der Waals surface area contributed by atoms with Gasteiger partial charge >= 0.3 is 0 Å². The number of hydrogen-bond donors (Lipinski definition) is 0. The number of alkyl halides is 1. The molecule has 0 aliphatic carbocycles. The number of nitrogens with zero attached hydrogens (tertiary/aromatic N) is 1. The van der Waals surface area contributed by atoms with Gasteiger partial charge in [-0.05, 0) is 42.5 Å². The van der Waals surface area contributed by atoms with Crippen molar-refractivity contribution in [1.82, 2.24) is 0 Å². The van der Waals surface area contributed by atoms with Crippen LogP contribution < -0.4 is 4.90 Å². The van der Waals surface area contributed by atoms with E-state index in [1.807, 2.05) is 0 Å². The van der Waals surface area contributed by atoms with Crippen LogP contribution in [0.15, 0.2) is 18.2 Å². The van der Waals surface area contributed by atoms with Crippen LogP contribution in [-0.2, 0) is 5.41 Å². The second-order valence-electron chi connectivity index (χ2n) is 6.83. The number of anilines is 1. The zero-order valence-corrected chi connectivity index (χ0v) is 12.2. The van der Waals surface area contributed by atoms with Gasteiger partial charge in [-0.15, -0.1) is 0 Å². The number of rotatable bonds is 1. The standard InChI is InChI=1S/C16H24FN/c1-12-10-13(6-7-14(12)15(2,3)4)18-9-8-16(5,17)11-18/h6-7,10H,8-9,11H2,1-5H3. The first-order chi connectivity index (χ1) is 8.19. The summed E-state index contributed by atoms with van der Waals surface area (Å²) in [5.41, 5.74) is 2.96. The Bertz CT molecular complexity index is 443. The van der Waals surface area contributed by atoms with Crippen molar-refractivity contribution in [3.05, 3.63) is 29.3 Å². The molecule has 1 fully saturated rings.